The number of nitrogens with one attached hydrogen (secondary N) is 1. The summed E-state index contributed by atoms with van der Waals surface area (Å²) in [4.78, 5) is 29.0. The van der Waals surface area contributed by atoms with E-state index in [2.05, 4.69) is 26.2 Å². The molecule has 3 rings (SSSR count). The lowest BCUT2D eigenvalue weighted by molar-refractivity contribution is -0.142. The second-order valence-corrected chi connectivity index (χ2v) is 6.68. The van der Waals surface area contributed by atoms with E-state index in [1.807, 2.05) is 54.6 Å². The number of aromatic nitrogens is 1. The number of benzene rings is 2. The van der Waals surface area contributed by atoms with E-state index in [0.717, 1.165) is 20.9 Å². The molecule has 6 heteroatoms. The lowest BCUT2D eigenvalue weighted by Crippen LogP contribution is -2.43. The number of hydrogen-bond donors (Lipinski definition) is 1. The van der Waals surface area contributed by atoms with Gasteiger partial charge in [-0.2, -0.15) is 0 Å². The van der Waals surface area contributed by atoms with Crippen molar-refractivity contribution in [2.45, 2.75) is 12.5 Å². The van der Waals surface area contributed by atoms with E-state index in [0.29, 0.717) is 6.42 Å². The molecule has 0 aliphatic rings. The average molecular weight is 413 g/mol. The molecular formula is C20H17BrN2O3. The zero-order valence-corrected chi connectivity index (χ0v) is 15.7. The lowest BCUT2D eigenvalue weighted by atomic mass is 10.1. The summed E-state index contributed by atoms with van der Waals surface area (Å²) >= 11 is 3.38. The molecule has 0 saturated heterocycles. The quantitative estimate of drug-likeness (QED) is 0.651. The summed E-state index contributed by atoms with van der Waals surface area (Å²) in [5, 5.41) is 3.67. The van der Waals surface area contributed by atoms with Gasteiger partial charge >= 0.3 is 5.97 Å². The summed E-state index contributed by atoms with van der Waals surface area (Å²) in [5.41, 5.74) is 1.89. The van der Waals surface area contributed by atoms with Gasteiger partial charge in [0.2, 0.25) is 0 Å². The van der Waals surface area contributed by atoms with Crippen LogP contribution < -0.4 is 5.32 Å². The molecule has 1 N–H and O–H groups in total. The molecule has 26 heavy (non-hydrogen) atoms. The van der Waals surface area contributed by atoms with Gasteiger partial charge < -0.3 is 10.1 Å². The highest BCUT2D eigenvalue weighted by molar-refractivity contribution is 9.10. The molecule has 0 unspecified atom stereocenters. The molecule has 1 aromatic heterocycles. The monoisotopic (exact) mass is 412 g/mol. The van der Waals surface area contributed by atoms with E-state index in [1.54, 1.807) is 6.07 Å². The third kappa shape index (κ3) is 4.26. The number of para-hydroxylation sites is 1. The van der Waals surface area contributed by atoms with E-state index < -0.39 is 17.9 Å². The van der Waals surface area contributed by atoms with Gasteiger partial charge in [-0.1, -0.05) is 52.3 Å². The molecule has 1 heterocycles. The molecule has 1 amide bonds. The average Bonchev–Trinajstić information content (AvgIpc) is 2.68. The van der Waals surface area contributed by atoms with Gasteiger partial charge in [-0.25, -0.2) is 9.78 Å². The minimum absolute atomic E-state index is 0.258. The fourth-order valence-electron chi connectivity index (χ4n) is 2.62. The Morgan fingerprint density at radius 2 is 1.81 bits per heavy atom. The molecular weight excluding hydrogens is 396 g/mol. The van der Waals surface area contributed by atoms with Gasteiger partial charge in [0.25, 0.3) is 5.91 Å². The maximum absolute atomic E-state index is 12.6. The number of rotatable bonds is 5. The number of halogens is 1. The molecule has 0 radical (unpaired) electrons. The first kappa shape index (κ1) is 18.1. The molecule has 0 bridgehead atoms. The van der Waals surface area contributed by atoms with Gasteiger partial charge in [0.1, 0.15) is 11.7 Å². The van der Waals surface area contributed by atoms with Crippen LogP contribution >= 0.6 is 15.9 Å². The summed E-state index contributed by atoms with van der Waals surface area (Å²) in [6, 6.07) is 17.8. The SMILES string of the molecule is COC(=O)[C@H](Cc1ccc(Br)cc1)NC(=O)c1ccc2ccccc2n1. The van der Waals surface area contributed by atoms with Crippen molar-refractivity contribution >= 4 is 38.7 Å². The molecule has 3 aromatic rings. The standard InChI is InChI=1S/C20H17BrN2O3/c1-26-20(25)18(12-13-6-9-15(21)10-7-13)23-19(24)17-11-8-14-4-2-3-5-16(14)22-17/h2-11,18H,12H2,1H3,(H,23,24)/t18-/m0/s1. The second-order valence-electron chi connectivity index (χ2n) is 5.77. The van der Waals surface area contributed by atoms with Gasteiger partial charge in [-0.15, -0.1) is 0 Å². The van der Waals surface area contributed by atoms with Gasteiger partial charge in [0.15, 0.2) is 0 Å². The number of ether oxygens (including phenoxy) is 1. The molecule has 132 valence electrons. The van der Waals surface area contributed by atoms with Crippen LogP contribution in [0.15, 0.2) is 65.1 Å². The zero-order valence-electron chi connectivity index (χ0n) is 14.1. The van der Waals surface area contributed by atoms with Crippen LogP contribution in [0.4, 0.5) is 0 Å². The summed E-state index contributed by atoms with van der Waals surface area (Å²) in [7, 11) is 1.30. The van der Waals surface area contributed by atoms with Crippen LogP contribution in [0.25, 0.3) is 10.9 Å². The highest BCUT2D eigenvalue weighted by Crippen LogP contribution is 2.14. The fraction of sp³-hybridized carbons (Fsp3) is 0.150. The third-order valence-corrected chi connectivity index (χ3v) is 4.50. The Morgan fingerprint density at radius 1 is 1.08 bits per heavy atom. The third-order valence-electron chi connectivity index (χ3n) is 3.98. The van der Waals surface area contributed by atoms with Crippen LogP contribution in [0, 0.1) is 0 Å². The van der Waals surface area contributed by atoms with Gasteiger partial charge in [0, 0.05) is 16.3 Å². The van der Waals surface area contributed by atoms with Crippen LogP contribution in [-0.2, 0) is 16.0 Å². The Labute approximate surface area is 159 Å². The van der Waals surface area contributed by atoms with E-state index in [4.69, 9.17) is 4.74 Å². The predicted molar refractivity (Wildman–Crippen MR) is 103 cm³/mol. The smallest absolute Gasteiger partial charge is 0.328 e. The van der Waals surface area contributed by atoms with Gasteiger partial charge in [-0.05, 0) is 29.8 Å². The minimum atomic E-state index is -0.790. The number of fused-ring (bicyclic) bond motifs is 1. The Kier molecular flexibility index (Phi) is 5.63. The second kappa shape index (κ2) is 8.10. The Balaban J connectivity index is 1.79. The highest BCUT2D eigenvalue weighted by Gasteiger charge is 2.23. The molecule has 0 aliphatic carbocycles. The van der Waals surface area contributed by atoms with Crippen molar-refractivity contribution in [3.63, 3.8) is 0 Å². The summed E-state index contributed by atoms with van der Waals surface area (Å²) in [6.07, 6.45) is 0.333. The van der Waals surface area contributed by atoms with E-state index >= 15 is 0 Å². The molecule has 0 saturated carbocycles. The minimum Gasteiger partial charge on any atom is -0.467 e. The number of pyridine rings is 1. The number of amides is 1. The number of methoxy groups -OCH3 is 1. The number of nitrogens with zero attached hydrogens (tertiary/aromatic N) is 1. The predicted octanol–water partition coefficient (Wildman–Crippen LogP) is 3.51. The Bertz CT molecular complexity index is 941. The van der Waals surface area contributed by atoms with Crippen LogP contribution in [0.5, 0.6) is 0 Å². The van der Waals surface area contributed by atoms with Gasteiger partial charge in [-0.3, -0.25) is 4.79 Å². The van der Waals surface area contributed by atoms with Crippen molar-refractivity contribution in [2.24, 2.45) is 0 Å². The maximum Gasteiger partial charge on any atom is 0.328 e. The van der Waals surface area contributed by atoms with Crippen molar-refractivity contribution in [1.82, 2.24) is 10.3 Å². The van der Waals surface area contributed by atoms with Crippen LogP contribution in [0.2, 0.25) is 0 Å². The number of esters is 1. The van der Waals surface area contributed by atoms with Crippen molar-refractivity contribution in [2.75, 3.05) is 7.11 Å². The molecule has 2 aromatic carbocycles. The Hall–Kier alpha value is -2.73. The topological polar surface area (TPSA) is 68.3 Å². The maximum atomic E-state index is 12.6. The summed E-state index contributed by atoms with van der Waals surface area (Å²) in [6.45, 7) is 0. The molecule has 5 nitrogen and oxygen atoms in total. The number of carbonyl (C=O) groups is 2. The normalized spacial score (nSPS) is 11.8. The first-order chi connectivity index (χ1) is 12.6. The van der Waals surface area contributed by atoms with E-state index in [-0.39, 0.29) is 5.69 Å². The largest absolute Gasteiger partial charge is 0.467 e. The lowest BCUT2D eigenvalue weighted by Gasteiger charge is -2.16. The molecule has 0 aliphatic heterocycles. The van der Waals surface area contributed by atoms with Crippen LogP contribution in [0.1, 0.15) is 16.1 Å². The highest BCUT2D eigenvalue weighted by atomic mass is 79.9. The van der Waals surface area contributed by atoms with E-state index in [9.17, 15) is 9.59 Å². The van der Waals surface area contributed by atoms with Gasteiger partial charge in [0.05, 0.1) is 12.6 Å². The zero-order chi connectivity index (χ0) is 18.5. The first-order valence-corrected chi connectivity index (χ1v) is 8.85. The Morgan fingerprint density at radius 3 is 2.54 bits per heavy atom. The summed E-state index contributed by atoms with van der Waals surface area (Å²) < 4.78 is 5.78. The van der Waals surface area contributed by atoms with Crippen molar-refractivity contribution in [3.05, 3.63) is 76.4 Å². The summed E-state index contributed by atoms with van der Waals surface area (Å²) in [5.74, 6) is -0.912. The molecule has 1 atom stereocenters. The van der Waals surface area contributed by atoms with Crippen LogP contribution in [-0.4, -0.2) is 30.0 Å². The fourth-order valence-corrected chi connectivity index (χ4v) is 2.88. The number of hydrogen-bond acceptors (Lipinski definition) is 4. The van der Waals surface area contributed by atoms with Crippen LogP contribution in [0.3, 0.4) is 0 Å². The van der Waals surface area contributed by atoms with Crippen molar-refractivity contribution in [1.29, 1.82) is 0 Å². The number of carbonyl (C=O) groups excluding carboxylic acids is 2. The van der Waals surface area contributed by atoms with Crippen molar-refractivity contribution in [3.8, 4) is 0 Å². The first-order valence-electron chi connectivity index (χ1n) is 8.06. The molecule has 0 fully saturated rings. The molecule has 0 spiro atoms. The van der Waals surface area contributed by atoms with Crippen molar-refractivity contribution < 1.29 is 14.3 Å². The van der Waals surface area contributed by atoms with E-state index in [1.165, 1.54) is 7.11 Å².